The van der Waals surface area contributed by atoms with Crippen molar-refractivity contribution in [2.24, 2.45) is 0 Å². The topological polar surface area (TPSA) is 50.2 Å². The standard InChI is InChI=1S/C9H5Cl2NO2S2/c10-4-1-2-5-8(7(4)11)12-9(16-5)15-3-6(13)14/h1-2H,3H2,(H,13,14). The van der Waals surface area contributed by atoms with Crippen LogP contribution in [0.5, 0.6) is 0 Å². The normalized spacial score (nSPS) is 10.9. The molecule has 0 spiro atoms. The first-order chi connectivity index (χ1) is 7.58. The summed E-state index contributed by atoms with van der Waals surface area (Å²) >= 11 is 14.4. The van der Waals surface area contributed by atoms with Gasteiger partial charge >= 0.3 is 5.97 Å². The van der Waals surface area contributed by atoms with E-state index in [4.69, 9.17) is 28.3 Å². The fourth-order valence-corrected chi connectivity index (χ4v) is 3.31. The highest BCUT2D eigenvalue weighted by Crippen LogP contribution is 2.36. The van der Waals surface area contributed by atoms with Gasteiger partial charge in [-0.15, -0.1) is 11.3 Å². The van der Waals surface area contributed by atoms with E-state index in [1.54, 1.807) is 6.07 Å². The number of hydrogen-bond acceptors (Lipinski definition) is 4. The number of nitrogens with zero attached hydrogens (tertiary/aromatic N) is 1. The number of fused-ring (bicyclic) bond motifs is 1. The molecule has 1 aromatic heterocycles. The Morgan fingerprint density at radius 3 is 2.94 bits per heavy atom. The fourth-order valence-electron chi connectivity index (χ4n) is 1.10. The fraction of sp³-hybridized carbons (Fsp3) is 0.111. The Hall–Kier alpha value is -0.490. The van der Waals surface area contributed by atoms with Gasteiger partial charge in [-0.05, 0) is 12.1 Å². The van der Waals surface area contributed by atoms with Crippen molar-refractivity contribution in [2.45, 2.75) is 4.34 Å². The summed E-state index contributed by atoms with van der Waals surface area (Å²) in [5.74, 6) is -0.876. The van der Waals surface area contributed by atoms with Crippen LogP contribution in [0.3, 0.4) is 0 Å². The van der Waals surface area contributed by atoms with Crippen molar-refractivity contribution in [3.63, 3.8) is 0 Å². The van der Waals surface area contributed by atoms with Crippen LogP contribution in [0.15, 0.2) is 16.5 Å². The monoisotopic (exact) mass is 293 g/mol. The van der Waals surface area contributed by atoms with Crippen LogP contribution in [0.2, 0.25) is 10.0 Å². The molecule has 3 nitrogen and oxygen atoms in total. The summed E-state index contributed by atoms with van der Waals surface area (Å²) in [4.78, 5) is 14.7. The van der Waals surface area contributed by atoms with E-state index in [0.29, 0.717) is 19.9 Å². The lowest BCUT2D eigenvalue weighted by Gasteiger charge is -1.93. The van der Waals surface area contributed by atoms with Crippen LogP contribution in [0, 0.1) is 0 Å². The Balaban J connectivity index is 2.36. The summed E-state index contributed by atoms with van der Waals surface area (Å²) < 4.78 is 1.59. The molecule has 7 heteroatoms. The van der Waals surface area contributed by atoms with Gasteiger partial charge in [-0.2, -0.15) is 0 Å². The molecule has 0 radical (unpaired) electrons. The van der Waals surface area contributed by atoms with Crippen molar-refractivity contribution in [1.29, 1.82) is 0 Å². The molecule has 0 aliphatic carbocycles. The van der Waals surface area contributed by atoms with Crippen molar-refractivity contribution in [1.82, 2.24) is 4.98 Å². The van der Waals surface area contributed by atoms with Crippen molar-refractivity contribution < 1.29 is 9.90 Å². The maximum atomic E-state index is 10.4. The van der Waals surface area contributed by atoms with Gasteiger partial charge in [0, 0.05) is 0 Å². The first-order valence-corrected chi connectivity index (χ1v) is 6.73. The molecule has 0 saturated heterocycles. The van der Waals surface area contributed by atoms with Crippen LogP contribution in [0.4, 0.5) is 0 Å². The number of carboxylic acid groups (broad SMARTS) is 1. The Kier molecular flexibility index (Phi) is 3.59. The summed E-state index contributed by atoms with van der Waals surface area (Å²) in [7, 11) is 0. The molecule has 0 unspecified atom stereocenters. The predicted octanol–water partition coefficient (Wildman–Crippen LogP) is 3.78. The average molecular weight is 294 g/mol. The van der Waals surface area contributed by atoms with Gasteiger partial charge in [0.05, 0.1) is 20.5 Å². The van der Waals surface area contributed by atoms with E-state index in [1.807, 2.05) is 6.07 Å². The SMILES string of the molecule is O=C(O)CSc1nc2c(Cl)c(Cl)ccc2s1. The zero-order chi connectivity index (χ0) is 11.7. The second-order valence-corrected chi connectivity index (χ2v) is 5.91. The second-order valence-electron chi connectivity index (χ2n) is 2.87. The highest BCUT2D eigenvalue weighted by molar-refractivity contribution is 8.01. The van der Waals surface area contributed by atoms with Gasteiger partial charge in [0.1, 0.15) is 5.52 Å². The van der Waals surface area contributed by atoms with Gasteiger partial charge in [0.25, 0.3) is 0 Å². The molecule has 2 rings (SSSR count). The summed E-state index contributed by atoms with van der Waals surface area (Å²) in [5.41, 5.74) is 0.632. The summed E-state index contributed by atoms with van der Waals surface area (Å²) in [6.07, 6.45) is 0. The Bertz CT molecular complexity index is 556. The van der Waals surface area contributed by atoms with Gasteiger partial charge in [-0.1, -0.05) is 35.0 Å². The number of aromatic nitrogens is 1. The van der Waals surface area contributed by atoms with Gasteiger partial charge < -0.3 is 5.11 Å². The van der Waals surface area contributed by atoms with Gasteiger partial charge in [0.15, 0.2) is 4.34 Å². The molecule has 1 N–H and O–H groups in total. The number of carboxylic acids is 1. The largest absolute Gasteiger partial charge is 0.481 e. The first kappa shape index (κ1) is 12.0. The maximum Gasteiger partial charge on any atom is 0.313 e. The highest BCUT2D eigenvalue weighted by Gasteiger charge is 2.11. The van der Waals surface area contributed by atoms with Crippen LogP contribution in [0.25, 0.3) is 10.2 Å². The molecule has 0 saturated carbocycles. The van der Waals surface area contributed by atoms with Crippen LogP contribution < -0.4 is 0 Å². The van der Waals surface area contributed by atoms with Crippen molar-refractivity contribution in [2.75, 3.05) is 5.75 Å². The van der Waals surface area contributed by atoms with Gasteiger partial charge in [-0.25, -0.2) is 4.98 Å². The molecule has 0 aliphatic rings. The number of thioether (sulfide) groups is 1. The average Bonchev–Trinajstić information content (AvgIpc) is 2.64. The molecule has 84 valence electrons. The number of benzene rings is 1. The molecule has 0 aliphatic heterocycles. The van der Waals surface area contributed by atoms with E-state index in [0.717, 1.165) is 4.70 Å². The highest BCUT2D eigenvalue weighted by atomic mass is 35.5. The molecule has 2 aromatic rings. The van der Waals surface area contributed by atoms with Crippen LogP contribution in [-0.4, -0.2) is 21.8 Å². The number of halogens is 2. The Morgan fingerprint density at radius 1 is 1.50 bits per heavy atom. The van der Waals surface area contributed by atoms with Crippen molar-refractivity contribution in [3.05, 3.63) is 22.2 Å². The Morgan fingerprint density at radius 2 is 2.25 bits per heavy atom. The summed E-state index contributed by atoms with van der Waals surface area (Å²) in [5, 5.41) is 9.42. The van der Waals surface area contributed by atoms with E-state index in [-0.39, 0.29) is 5.75 Å². The third kappa shape index (κ3) is 2.43. The predicted molar refractivity (Wildman–Crippen MR) is 68.0 cm³/mol. The molecule has 0 amide bonds. The van der Waals surface area contributed by atoms with E-state index in [9.17, 15) is 4.79 Å². The molecule has 1 heterocycles. The minimum atomic E-state index is -0.867. The van der Waals surface area contributed by atoms with Crippen LogP contribution >= 0.6 is 46.3 Å². The lowest BCUT2D eigenvalue weighted by Crippen LogP contribution is -1.96. The number of rotatable bonds is 3. The number of aliphatic carboxylic acids is 1. The van der Waals surface area contributed by atoms with Crippen LogP contribution in [-0.2, 0) is 4.79 Å². The minimum Gasteiger partial charge on any atom is -0.481 e. The molecule has 0 atom stereocenters. The minimum absolute atomic E-state index is 0.00876. The zero-order valence-corrected chi connectivity index (χ0v) is 10.9. The number of hydrogen-bond donors (Lipinski definition) is 1. The molecule has 0 fully saturated rings. The van der Waals surface area contributed by atoms with Gasteiger partial charge in [0.2, 0.25) is 0 Å². The maximum absolute atomic E-state index is 10.4. The molecule has 1 aromatic carbocycles. The first-order valence-electron chi connectivity index (χ1n) is 4.17. The quantitative estimate of drug-likeness (QED) is 0.875. The second kappa shape index (κ2) is 4.79. The Labute approximate surface area is 109 Å². The third-order valence-corrected chi connectivity index (χ3v) is 4.69. The van der Waals surface area contributed by atoms with Crippen molar-refractivity contribution >= 4 is 62.5 Å². The lowest BCUT2D eigenvalue weighted by atomic mass is 10.3. The molecule has 0 bridgehead atoms. The number of thiazole rings is 1. The van der Waals surface area contributed by atoms with E-state index in [2.05, 4.69) is 4.98 Å². The summed E-state index contributed by atoms with van der Waals surface area (Å²) in [6, 6.07) is 3.53. The molecular weight excluding hydrogens is 289 g/mol. The molecular formula is C9H5Cl2NO2S2. The zero-order valence-electron chi connectivity index (χ0n) is 7.74. The van der Waals surface area contributed by atoms with E-state index in [1.165, 1.54) is 23.1 Å². The smallest absolute Gasteiger partial charge is 0.313 e. The third-order valence-electron chi connectivity index (χ3n) is 1.75. The van der Waals surface area contributed by atoms with Crippen molar-refractivity contribution in [3.8, 4) is 0 Å². The number of carbonyl (C=O) groups is 1. The van der Waals surface area contributed by atoms with E-state index >= 15 is 0 Å². The summed E-state index contributed by atoms with van der Waals surface area (Å²) in [6.45, 7) is 0. The van der Waals surface area contributed by atoms with Crippen LogP contribution in [0.1, 0.15) is 0 Å². The lowest BCUT2D eigenvalue weighted by molar-refractivity contribution is -0.133. The molecule has 16 heavy (non-hydrogen) atoms. The van der Waals surface area contributed by atoms with Gasteiger partial charge in [-0.3, -0.25) is 4.79 Å². The van der Waals surface area contributed by atoms with E-state index < -0.39 is 5.97 Å².